The third kappa shape index (κ3) is 7.41. The largest absolute Gasteiger partial charge is 0.481 e. The summed E-state index contributed by atoms with van der Waals surface area (Å²) in [4.78, 5) is 10.9. The second kappa shape index (κ2) is 8.20. The van der Waals surface area contributed by atoms with Crippen LogP contribution in [0.25, 0.3) is 0 Å². The fraction of sp³-hybridized carbons (Fsp3) is 0.909. The fourth-order valence-corrected chi connectivity index (χ4v) is 5.58. The number of carboxylic acids is 1. The van der Waals surface area contributed by atoms with E-state index in [1.807, 2.05) is 0 Å². The van der Waals surface area contributed by atoms with E-state index < -0.39 is 18.7 Å². The molecule has 7 heteroatoms. The Labute approximate surface area is 113 Å². The van der Waals surface area contributed by atoms with Gasteiger partial charge >= 0.3 is 12.8 Å². The molecule has 0 heterocycles. The maximum absolute atomic E-state index is 12.4. The summed E-state index contributed by atoms with van der Waals surface area (Å²) in [5.74, 6) is -1.19. The van der Waals surface area contributed by atoms with Crippen molar-refractivity contribution in [2.45, 2.75) is 53.2 Å². The van der Waals surface area contributed by atoms with E-state index in [1.54, 1.807) is 34.6 Å². The first-order chi connectivity index (χ1) is 8.20. The molecular formula is C11H23O5PS. The lowest BCUT2D eigenvalue weighted by Crippen LogP contribution is -2.16. The minimum atomic E-state index is -3.29. The van der Waals surface area contributed by atoms with Gasteiger partial charge in [0.1, 0.15) is 0 Å². The molecule has 1 N–H and O–H groups in total. The van der Waals surface area contributed by atoms with Crippen molar-refractivity contribution in [1.29, 1.82) is 0 Å². The first-order valence-electron chi connectivity index (χ1n) is 6.04. The van der Waals surface area contributed by atoms with Crippen LogP contribution in [0.3, 0.4) is 0 Å². The van der Waals surface area contributed by atoms with Crippen LogP contribution in [0.2, 0.25) is 0 Å². The van der Waals surface area contributed by atoms with Crippen LogP contribution in [0.15, 0.2) is 0 Å². The molecule has 108 valence electrons. The Kier molecular flexibility index (Phi) is 8.19. The molecule has 0 aliphatic heterocycles. The van der Waals surface area contributed by atoms with Crippen molar-refractivity contribution in [2.24, 2.45) is 5.92 Å². The molecule has 0 aliphatic rings. The summed E-state index contributed by atoms with van der Waals surface area (Å²) < 4.78 is 23.1. The summed E-state index contributed by atoms with van der Waals surface area (Å²) in [7, 11) is 0. The van der Waals surface area contributed by atoms with Gasteiger partial charge in [0.05, 0.1) is 18.1 Å². The van der Waals surface area contributed by atoms with Gasteiger partial charge in [-0.3, -0.25) is 13.8 Å². The summed E-state index contributed by atoms with van der Waals surface area (Å²) in [6.45, 7) is 5.58. The first kappa shape index (κ1) is 18.0. The Morgan fingerprint density at radius 1 is 1.22 bits per heavy atom. The molecule has 0 amide bonds. The minimum absolute atomic E-state index is 0.225. The molecule has 0 aliphatic carbocycles. The maximum Gasteiger partial charge on any atom is 0.389 e. The standard InChI is InChI=1S/C11H23O5PS/c1-6-10(11(12)13)7-18-17(14,15-8(2)3)16-9(4)5/h8-10H,6-7H2,1-5H3,(H,12,13). The molecule has 0 radical (unpaired) electrons. The van der Waals surface area contributed by atoms with Gasteiger partial charge in [0.2, 0.25) is 0 Å². The Hall–Kier alpha value is -0.0300. The molecule has 0 aromatic rings. The van der Waals surface area contributed by atoms with Gasteiger partial charge in [-0.1, -0.05) is 6.92 Å². The average Bonchev–Trinajstić information content (AvgIpc) is 2.14. The molecule has 0 aromatic heterocycles. The van der Waals surface area contributed by atoms with E-state index >= 15 is 0 Å². The van der Waals surface area contributed by atoms with E-state index in [1.165, 1.54) is 0 Å². The van der Waals surface area contributed by atoms with Gasteiger partial charge < -0.3 is 5.11 Å². The lowest BCUT2D eigenvalue weighted by Gasteiger charge is -2.22. The van der Waals surface area contributed by atoms with Gasteiger partial charge in [-0.25, -0.2) is 4.57 Å². The van der Waals surface area contributed by atoms with Gasteiger partial charge in [0.25, 0.3) is 0 Å². The van der Waals surface area contributed by atoms with Crippen molar-refractivity contribution in [2.75, 3.05) is 5.75 Å². The number of carbonyl (C=O) groups is 1. The van der Waals surface area contributed by atoms with Crippen molar-refractivity contribution in [3.8, 4) is 0 Å². The Bertz CT molecular complexity index is 292. The highest BCUT2D eigenvalue weighted by Crippen LogP contribution is 2.62. The zero-order valence-corrected chi connectivity index (χ0v) is 13.3. The third-order valence-corrected chi connectivity index (χ3v) is 6.10. The third-order valence-electron chi connectivity index (χ3n) is 1.96. The van der Waals surface area contributed by atoms with Crippen LogP contribution in [-0.4, -0.2) is 29.0 Å². The SMILES string of the molecule is CCC(CSP(=O)(OC(C)C)OC(C)C)C(=O)O. The Morgan fingerprint density at radius 2 is 1.67 bits per heavy atom. The summed E-state index contributed by atoms with van der Waals surface area (Å²) in [6.07, 6.45) is 0.0325. The smallest absolute Gasteiger partial charge is 0.389 e. The number of hydrogen-bond donors (Lipinski definition) is 1. The lowest BCUT2D eigenvalue weighted by molar-refractivity contribution is -0.140. The quantitative estimate of drug-likeness (QED) is 0.653. The van der Waals surface area contributed by atoms with Crippen LogP contribution in [-0.2, 0) is 18.4 Å². The molecule has 1 atom stereocenters. The van der Waals surface area contributed by atoms with Crippen LogP contribution in [0.5, 0.6) is 0 Å². The predicted octanol–water partition coefficient (Wildman–Crippen LogP) is 3.79. The summed E-state index contributed by atoms with van der Waals surface area (Å²) in [5, 5.41) is 8.95. The van der Waals surface area contributed by atoms with E-state index in [0.29, 0.717) is 6.42 Å². The van der Waals surface area contributed by atoms with Gasteiger partial charge in [0, 0.05) is 5.75 Å². The van der Waals surface area contributed by atoms with Crippen LogP contribution in [0.1, 0.15) is 41.0 Å². The molecule has 0 rings (SSSR count). The Morgan fingerprint density at radius 3 is 1.94 bits per heavy atom. The van der Waals surface area contributed by atoms with Crippen LogP contribution in [0, 0.1) is 5.92 Å². The van der Waals surface area contributed by atoms with Crippen LogP contribution < -0.4 is 0 Å². The number of hydrogen-bond acceptors (Lipinski definition) is 5. The molecule has 0 aromatic carbocycles. The second-order valence-corrected chi connectivity index (χ2v) is 8.52. The van der Waals surface area contributed by atoms with Crippen molar-refractivity contribution in [1.82, 2.24) is 0 Å². The zero-order chi connectivity index (χ0) is 14.3. The first-order valence-corrected chi connectivity index (χ1v) is 9.17. The summed E-state index contributed by atoms with van der Waals surface area (Å²) >= 11 is 0.972. The molecule has 0 fully saturated rings. The molecule has 0 spiro atoms. The predicted molar refractivity (Wildman–Crippen MR) is 73.9 cm³/mol. The van der Waals surface area contributed by atoms with Crippen molar-refractivity contribution >= 4 is 24.1 Å². The second-order valence-electron chi connectivity index (χ2n) is 4.49. The summed E-state index contributed by atoms with van der Waals surface area (Å²) in [6, 6.07) is 0. The molecule has 1 unspecified atom stereocenters. The molecule has 0 bridgehead atoms. The average molecular weight is 298 g/mol. The fourth-order valence-electron chi connectivity index (χ4n) is 1.15. The molecular weight excluding hydrogens is 275 g/mol. The van der Waals surface area contributed by atoms with E-state index in [2.05, 4.69) is 0 Å². The molecule has 5 nitrogen and oxygen atoms in total. The van der Waals surface area contributed by atoms with E-state index in [9.17, 15) is 9.36 Å². The zero-order valence-electron chi connectivity index (χ0n) is 11.6. The summed E-state index contributed by atoms with van der Waals surface area (Å²) in [5.41, 5.74) is 0. The van der Waals surface area contributed by atoms with Crippen LogP contribution in [0.4, 0.5) is 0 Å². The van der Waals surface area contributed by atoms with Crippen molar-refractivity contribution < 1.29 is 23.5 Å². The molecule has 0 saturated heterocycles. The number of aliphatic carboxylic acids is 1. The maximum atomic E-state index is 12.4. The van der Waals surface area contributed by atoms with Gasteiger partial charge in [-0.2, -0.15) is 0 Å². The van der Waals surface area contributed by atoms with Gasteiger partial charge in [-0.15, -0.1) is 0 Å². The number of rotatable bonds is 9. The Balaban J connectivity index is 4.59. The van der Waals surface area contributed by atoms with Crippen LogP contribution >= 0.6 is 18.2 Å². The minimum Gasteiger partial charge on any atom is -0.481 e. The van der Waals surface area contributed by atoms with Gasteiger partial charge in [0.15, 0.2) is 0 Å². The molecule has 0 saturated carbocycles. The monoisotopic (exact) mass is 298 g/mol. The highest BCUT2D eigenvalue weighted by molar-refractivity contribution is 8.55. The van der Waals surface area contributed by atoms with Crippen molar-refractivity contribution in [3.63, 3.8) is 0 Å². The van der Waals surface area contributed by atoms with Crippen molar-refractivity contribution in [3.05, 3.63) is 0 Å². The normalized spacial score (nSPS) is 14.2. The molecule has 18 heavy (non-hydrogen) atoms. The van der Waals surface area contributed by atoms with E-state index in [-0.39, 0.29) is 18.0 Å². The highest BCUT2D eigenvalue weighted by atomic mass is 32.7. The van der Waals surface area contributed by atoms with Gasteiger partial charge in [-0.05, 0) is 45.5 Å². The lowest BCUT2D eigenvalue weighted by atomic mass is 10.1. The highest BCUT2D eigenvalue weighted by Gasteiger charge is 2.31. The number of carboxylic acid groups (broad SMARTS) is 1. The van der Waals surface area contributed by atoms with E-state index in [4.69, 9.17) is 14.2 Å². The topological polar surface area (TPSA) is 72.8 Å². The van der Waals surface area contributed by atoms with E-state index in [0.717, 1.165) is 11.4 Å².